The van der Waals surface area contributed by atoms with Crippen LogP contribution in [0.5, 0.6) is 0 Å². The number of hydrogen-bond acceptors (Lipinski definition) is 3. The molecule has 4 nitrogen and oxygen atoms in total. The van der Waals surface area contributed by atoms with Gasteiger partial charge in [-0.3, -0.25) is 9.59 Å². The molecule has 2 rings (SSSR count). The Kier molecular flexibility index (Phi) is 2.73. The number of pyridine rings is 1. The van der Waals surface area contributed by atoms with E-state index in [1.54, 1.807) is 0 Å². The van der Waals surface area contributed by atoms with Gasteiger partial charge in [-0.15, -0.1) is 0 Å². The van der Waals surface area contributed by atoms with Gasteiger partial charge < -0.3 is 5.11 Å². The first-order valence-electron chi connectivity index (χ1n) is 5.30. The molecule has 1 aliphatic rings. The largest absolute Gasteiger partial charge is 0.481 e. The van der Waals surface area contributed by atoms with Gasteiger partial charge in [0.25, 0.3) is 0 Å². The molecule has 1 unspecified atom stereocenters. The van der Waals surface area contributed by atoms with Crippen LogP contribution in [0.2, 0.25) is 0 Å². The van der Waals surface area contributed by atoms with Crippen molar-refractivity contribution in [3.63, 3.8) is 0 Å². The molecule has 1 N–H and O–H groups in total. The summed E-state index contributed by atoms with van der Waals surface area (Å²) in [4.78, 5) is 26.8. The molecule has 0 amide bonds. The van der Waals surface area contributed by atoms with Crippen molar-refractivity contribution in [2.75, 3.05) is 0 Å². The number of carboxylic acid groups (broad SMARTS) is 1. The Morgan fingerprint density at radius 2 is 2.31 bits per heavy atom. The van der Waals surface area contributed by atoms with Crippen LogP contribution in [-0.2, 0) is 11.2 Å². The molecule has 0 radical (unpaired) electrons. The summed E-state index contributed by atoms with van der Waals surface area (Å²) in [5.74, 6) is -1.44. The Morgan fingerprint density at radius 3 is 3.00 bits per heavy atom. The summed E-state index contributed by atoms with van der Waals surface area (Å²) in [6, 6.07) is 3.79. The number of hydrogen-bond donors (Lipinski definition) is 1. The summed E-state index contributed by atoms with van der Waals surface area (Å²) in [5.41, 5.74) is 2.21. The molecule has 1 aromatic heterocycles. The smallest absolute Gasteiger partial charge is 0.304 e. The molecule has 1 aliphatic carbocycles. The van der Waals surface area contributed by atoms with Crippen LogP contribution in [0.3, 0.4) is 0 Å². The van der Waals surface area contributed by atoms with Crippen molar-refractivity contribution in [3.8, 4) is 0 Å². The quantitative estimate of drug-likeness (QED) is 0.820. The summed E-state index contributed by atoms with van der Waals surface area (Å²) in [5, 5.41) is 8.71. The number of aliphatic carboxylic acids is 1. The second-order valence-electron chi connectivity index (χ2n) is 4.16. The number of aryl methyl sites for hydroxylation is 2. The van der Waals surface area contributed by atoms with Gasteiger partial charge in [-0.25, -0.2) is 4.98 Å². The molecule has 0 saturated heterocycles. The molecule has 0 fully saturated rings. The molecule has 1 heterocycles. The van der Waals surface area contributed by atoms with Crippen LogP contribution >= 0.6 is 0 Å². The zero-order valence-corrected chi connectivity index (χ0v) is 9.06. The first-order valence-corrected chi connectivity index (χ1v) is 5.30. The number of ketones is 1. The van der Waals surface area contributed by atoms with Crippen molar-refractivity contribution in [2.45, 2.75) is 26.2 Å². The van der Waals surface area contributed by atoms with E-state index in [4.69, 9.17) is 5.11 Å². The van der Waals surface area contributed by atoms with Crippen LogP contribution in [0.25, 0.3) is 0 Å². The van der Waals surface area contributed by atoms with E-state index < -0.39 is 11.9 Å². The van der Waals surface area contributed by atoms with Crippen molar-refractivity contribution >= 4 is 11.8 Å². The van der Waals surface area contributed by atoms with E-state index in [9.17, 15) is 9.59 Å². The zero-order chi connectivity index (χ0) is 11.7. The molecule has 0 spiro atoms. The second-order valence-corrected chi connectivity index (χ2v) is 4.16. The summed E-state index contributed by atoms with van der Waals surface area (Å²) in [6.07, 6.45) is 1.27. The number of carbonyl (C=O) groups excluding carboxylic acids is 1. The Bertz CT molecular complexity index is 454. The maximum absolute atomic E-state index is 12.0. The molecule has 0 aromatic carbocycles. The van der Waals surface area contributed by atoms with Gasteiger partial charge in [0.1, 0.15) is 5.69 Å². The van der Waals surface area contributed by atoms with Crippen LogP contribution in [0.15, 0.2) is 12.1 Å². The fourth-order valence-electron chi connectivity index (χ4n) is 2.06. The van der Waals surface area contributed by atoms with Gasteiger partial charge in [-0.05, 0) is 31.4 Å². The average molecular weight is 219 g/mol. The molecule has 4 heteroatoms. The molecule has 84 valence electrons. The number of nitrogens with zero attached hydrogens (tertiary/aromatic N) is 1. The molecular weight excluding hydrogens is 206 g/mol. The highest BCUT2D eigenvalue weighted by Crippen LogP contribution is 2.26. The lowest BCUT2D eigenvalue weighted by Gasteiger charge is -2.21. The van der Waals surface area contributed by atoms with Crippen LogP contribution in [0, 0.1) is 12.8 Å². The van der Waals surface area contributed by atoms with E-state index in [0.717, 1.165) is 17.7 Å². The topological polar surface area (TPSA) is 67.3 Å². The van der Waals surface area contributed by atoms with E-state index in [1.807, 2.05) is 19.1 Å². The van der Waals surface area contributed by atoms with E-state index >= 15 is 0 Å². The fourth-order valence-corrected chi connectivity index (χ4v) is 2.06. The van der Waals surface area contributed by atoms with Crippen molar-refractivity contribution in [1.29, 1.82) is 0 Å². The number of carboxylic acids is 1. The van der Waals surface area contributed by atoms with Crippen LogP contribution in [0.4, 0.5) is 0 Å². The van der Waals surface area contributed by atoms with Crippen LogP contribution in [0.1, 0.15) is 34.6 Å². The maximum Gasteiger partial charge on any atom is 0.304 e. The normalized spacial score (nSPS) is 19.3. The third kappa shape index (κ3) is 1.96. The Morgan fingerprint density at radius 1 is 1.56 bits per heavy atom. The second kappa shape index (κ2) is 4.04. The SMILES string of the molecule is Cc1ccc2c(n1)C(=O)C(CC(=O)O)CC2. The Hall–Kier alpha value is -1.71. The highest BCUT2D eigenvalue weighted by Gasteiger charge is 2.30. The molecule has 0 saturated carbocycles. The van der Waals surface area contributed by atoms with Crippen molar-refractivity contribution < 1.29 is 14.7 Å². The standard InChI is InChI=1S/C12H13NO3/c1-7-2-3-8-4-5-9(6-10(14)15)12(16)11(8)13-7/h2-3,9H,4-6H2,1H3,(H,14,15). The van der Waals surface area contributed by atoms with Crippen molar-refractivity contribution in [2.24, 2.45) is 5.92 Å². The van der Waals surface area contributed by atoms with Crippen LogP contribution in [-0.4, -0.2) is 21.8 Å². The van der Waals surface area contributed by atoms with Gasteiger partial charge in [-0.1, -0.05) is 6.07 Å². The minimum Gasteiger partial charge on any atom is -0.481 e. The number of fused-ring (bicyclic) bond motifs is 1. The van der Waals surface area contributed by atoms with Gasteiger partial charge in [0.15, 0.2) is 5.78 Å². The lowest BCUT2D eigenvalue weighted by Crippen LogP contribution is -2.26. The molecule has 1 atom stereocenters. The van der Waals surface area contributed by atoms with Gasteiger partial charge in [0.2, 0.25) is 0 Å². The fraction of sp³-hybridized carbons (Fsp3) is 0.417. The van der Waals surface area contributed by atoms with E-state index in [1.165, 1.54) is 0 Å². The number of aromatic nitrogens is 1. The van der Waals surface area contributed by atoms with Crippen molar-refractivity contribution in [3.05, 3.63) is 29.1 Å². The third-order valence-electron chi connectivity index (χ3n) is 2.91. The number of carbonyl (C=O) groups is 2. The minimum atomic E-state index is -0.922. The molecule has 0 bridgehead atoms. The first-order chi connectivity index (χ1) is 7.58. The van der Waals surface area contributed by atoms with E-state index in [2.05, 4.69) is 4.98 Å². The summed E-state index contributed by atoms with van der Waals surface area (Å²) >= 11 is 0. The minimum absolute atomic E-state index is 0.0894. The average Bonchev–Trinajstić information content (AvgIpc) is 2.22. The lowest BCUT2D eigenvalue weighted by molar-refractivity contribution is -0.137. The predicted molar refractivity (Wildman–Crippen MR) is 57.4 cm³/mol. The van der Waals surface area contributed by atoms with Crippen LogP contribution < -0.4 is 0 Å². The van der Waals surface area contributed by atoms with Crippen molar-refractivity contribution in [1.82, 2.24) is 4.98 Å². The van der Waals surface area contributed by atoms with E-state index in [-0.39, 0.29) is 12.2 Å². The molecule has 0 aliphatic heterocycles. The summed E-state index contributed by atoms with van der Waals surface area (Å²) < 4.78 is 0. The Balaban J connectivity index is 2.30. The molecular formula is C12H13NO3. The first kappa shape index (κ1) is 10.8. The maximum atomic E-state index is 12.0. The van der Waals surface area contributed by atoms with Gasteiger partial charge in [0, 0.05) is 11.6 Å². The molecule has 16 heavy (non-hydrogen) atoms. The lowest BCUT2D eigenvalue weighted by atomic mass is 9.84. The van der Waals surface area contributed by atoms with E-state index in [0.29, 0.717) is 12.1 Å². The summed E-state index contributed by atoms with van der Waals surface area (Å²) in [7, 11) is 0. The van der Waals surface area contributed by atoms with Gasteiger partial charge >= 0.3 is 5.97 Å². The third-order valence-corrected chi connectivity index (χ3v) is 2.91. The summed E-state index contributed by atoms with van der Waals surface area (Å²) in [6.45, 7) is 1.83. The monoisotopic (exact) mass is 219 g/mol. The molecule has 1 aromatic rings. The highest BCUT2D eigenvalue weighted by atomic mass is 16.4. The highest BCUT2D eigenvalue weighted by molar-refractivity contribution is 5.99. The van der Waals surface area contributed by atoms with Gasteiger partial charge in [0.05, 0.1) is 6.42 Å². The van der Waals surface area contributed by atoms with Gasteiger partial charge in [-0.2, -0.15) is 0 Å². The number of Topliss-reactive ketones (excluding diaryl/α,β-unsaturated/α-hetero) is 1. The Labute approximate surface area is 93.3 Å². The zero-order valence-electron chi connectivity index (χ0n) is 9.06. The predicted octanol–water partition coefficient (Wildman–Crippen LogP) is 1.61. The number of rotatable bonds is 2.